The molecule has 1 unspecified atom stereocenters. The van der Waals surface area contributed by atoms with Crippen molar-refractivity contribution in [2.75, 3.05) is 18.4 Å². The van der Waals surface area contributed by atoms with Crippen molar-refractivity contribution in [1.82, 2.24) is 4.90 Å². The first kappa shape index (κ1) is 14.6. The molecule has 1 aromatic rings. The Morgan fingerprint density at radius 1 is 1.53 bits per heavy atom. The smallest absolute Gasteiger partial charge is 0.241 e. The van der Waals surface area contributed by atoms with Crippen LogP contribution < -0.4 is 5.32 Å². The van der Waals surface area contributed by atoms with Crippen LogP contribution in [0.2, 0.25) is 10.0 Å². The van der Waals surface area contributed by atoms with Gasteiger partial charge in [0.05, 0.1) is 27.9 Å². The van der Waals surface area contributed by atoms with E-state index in [1.807, 2.05) is 11.8 Å². The topological polar surface area (TPSA) is 52.6 Å². The predicted octanol–water partition coefficient (Wildman–Crippen LogP) is 2.39. The van der Waals surface area contributed by atoms with Gasteiger partial charge in [0.1, 0.15) is 0 Å². The summed E-state index contributed by atoms with van der Waals surface area (Å²) >= 11 is 11.9. The number of likely N-dealkylation sites (tertiary alicyclic amines) is 1. The van der Waals surface area contributed by atoms with Crippen molar-refractivity contribution in [1.29, 1.82) is 0 Å². The Hall–Kier alpha value is -0.810. The van der Waals surface area contributed by atoms with E-state index in [0.717, 1.165) is 6.54 Å². The van der Waals surface area contributed by atoms with Crippen molar-refractivity contribution in [3.05, 3.63) is 28.2 Å². The number of carbonyl (C=O) groups is 1. The number of hydrogen-bond acceptors (Lipinski definition) is 3. The third-order valence-electron chi connectivity index (χ3n) is 3.33. The number of halogens is 2. The molecule has 1 fully saturated rings. The lowest BCUT2D eigenvalue weighted by molar-refractivity contribution is -0.120. The zero-order chi connectivity index (χ0) is 14.0. The van der Waals surface area contributed by atoms with E-state index in [0.29, 0.717) is 28.7 Å². The average molecular weight is 303 g/mol. The van der Waals surface area contributed by atoms with E-state index in [-0.39, 0.29) is 18.1 Å². The summed E-state index contributed by atoms with van der Waals surface area (Å²) in [5.41, 5.74) is 0.505. The van der Waals surface area contributed by atoms with E-state index in [1.165, 1.54) is 0 Å². The largest absolute Gasteiger partial charge is 0.392 e. The molecule has 1 amide bonds. The van der Waals surface area contributed by atoms with Crippen LogP contribution in [-0.2, 0) is 4.79 Å². The maximum absolute atomic E-state index is 12.1. The lowest BCUT2D eigenvalue weighted by Crippen LogP contribution is -2.41. The summed E-state index contributed by atoms with van der Waals surface area (Å²) in [6, 6.07) is 4.79. The quantitative estimate of drug-likeness (QED) is 0.901. The Bertz CT molecular complexity index is 482. The van der Waals surface area contributed by atoms with Crippen molar-refractivity contribution in [3.63, 3.8) is 0 Å². The molecular weight excluding hydrogens is 287 g/mol. The molecule has 2 N–H and O–H groups in total. The number of aliphatic hydroxyl groups excluding tert-OH is 1. The fraction of sp³-hybridized carbons (Fsp3) is 0.462. The number of anilines is 1. The van der Waals surface area contributed by atoms with Gasteiger partial charge in [0.2, 0.25) is 5.91 Å². The van der Waals surface area contributed by atoms with Crippen LogP contribution in [0.4, 0.5) is 5.69 Å². The van der Waals surface area contributed by atoms with Crippen LogP contribution in [0.1, 0.15) is 13.3 Å². The van der Waals surface area contributed by atoms with E-state index in [9.17, 15) is 9.90 Å². The standard InChI is InChI=1S/C13H16Cl2N2O2/c1-8(17-6-5-9(18)7-17)13(19)16-11-4-2-3-10(14)12(11)15/h2-4,8-9,18H,5-7H2,1H3,(H,16,19)/t8?,9-/m1/s1. The highest BCUT2D eigenvalue weighted by Gasteiger charge is 2.28. The van der Waals surface area contributed by atoms with Crippen LogP contribution in [-0.4, -0.2) is 41.1 Å². The number of rotatable bonds is 3. The molecule has 1 aliphatic heterocycles. The first-order valence-corrected chi connectivity index (χ1v) is 6.91. The molecule has 1 heterocycles. The Balaban J connectivity index is 2.02. The van der Waals surface area contributed by atoms with Crippen LogP contribution in [0.3, 0.4) is 0 Å². The number of hydrogen-bond donors (Lipinski definition) is 2. The highest BCUT2D eigenvalue weighted by molar-refractivity contribution is 6.44. The number of aliphatic hydroxyl groups is 1. The molecular formula is C13H16Cl2N2O2. The molecule has 2 atom stereocenters. The molecule has 0 bridgehead atoms. The first-order valence-electron chi connectivity index (χ1n) is 6.16. The maximum atomic E-state index is 12.1. The fourth-order valence-corrected chi connectivity index (χ4v) is 2.47. The van der Waals surface area contributed by atoms with E-state index >= 15 is 0 Å². The van der Waals surface area contributed by atoms with Crippen molar-refractivity contribution in [2.45, 2.75) is 25.5 Å². The second kappa shape index (κ2) is 6.09. The Labute approximate surface area is 122 Å². The van der Waals surface area contributed by atoms with E-state index in [2.05, 4.69) is 5.32 Å². The Kier molecular flexibility index (Phi) is 4.68. The minimum atomic E-state index is -0.343. The number of β-amino-alcohol motifs (C(OH)–C–C–N with tert-alkyl or cyclic N) is 1. The fourth-order valence-electron chi connectivity index (χ4n) is 2.12. The number of nitrogens with zero attached hydrogens (tertiary/aromatic N) is 1. The SMILES string of the molecule is CC(C(=O)Nc1cccc(Cl)c1Cl)N1CC[C@@H](O)C1. The molecule has 1 aromatic carbocycles. The van der Waals surface area contributed by atoms with Gasteiger partial charge in [-0.05, 0) is 25.5 Å². The van der Waals surface area contributed by atoms with Crippen LogP contribution in [0, 0.1) is 0 Å². The zero-order valence-electron chi connectivity index (χ0n) is 10.6. The molecule has 6 heteroatoms. The molecule has 19 heavy (non-hydrogen) atoms. The lowest BCUT2D eigenvalue weighted by Gasteiger charge is -2.23. The zero-order valence-corrected chi connectivity index (χ0v) is 12.1. The van der Waals surface area contributed by atoms with Gasteiger partial charge in [0, 0.05) is 13.1 Å². The van der Waals surface area contributed by atoms with Crippen LogP contribution in [0.25, 0.3) is 0 Å². The Morgan fingerprint density at radius 2 is 2.26 bits per heavy atom. The monoisotopic (exact) mass is 302 g/mol. The molecule has 0 aromatic heterocycles. The van der Waals surface area contributed by atoms with Gasteiger partial charge in [-0.25, -0.2) is 0 Å². The van der Waals surface area contributed by atoms with Gasteiger partial charge in [-0.3, -0.25) is 9.69 Å². The molecule has 0 saturated carbocycles. The molecule has 0 aliphatic carbocycles. The van der Waals surface area contributed by atoms with Crippen LogP contribution in [0.5, 0.6) is 0 Å². The lowest BCUT2D eigenvalue weighted by atomic mass is 10.2. The molecule has 1 saturated heterocycles. The van der Waals surface area contributed by atoms with Crippen molar-refractivity contribution in [2.24, 2.45) is 0 Å². The second-order valence-electron chi connectivity index (χ2n) is 4.70. The summed E-state index contributed by atoms with van der Waals surface area (Å²) in [4.78, 5) is 14.1. The highest BCUT2D eigenvalue weighted by atomic mass is 35.5. The van der Waals surface area contributed by atoms with Crippen molar-refractivity contribution >= 4 is 34.8 Å². The average Bonchev–Trinajstić information content (AvgIpc) is 2.80. The van der Waals surface area contributed by atoms with Crippen molar-refractivity contribution in [3.8, 4) is 0 Å². The van der Waals surface area contributed by atoms with E-state index in [1.54, 1.807) is 18.2 Å². The number of carbonyl (C=O) groups excluding carboxylic acids is 1. The van der Waals surface area contributed by atoms with Gasteiger partial charge in [-0.15, -0.1) is 0 Å². The van der Waals surface area contributed by atoms with Crippen LogP contribution >= 0.6 is 23.2 Å². The molecule has 0 spiro atoms. The van der Waals surface area contributed by atoms with Gasteiger partial charge in [-0.2, -0.15) is 0 Å². The molecule has 4 nitrogen and oxygen atoms in total. The molecule has 2 rings (SSSR count). The van der Waals surface area contributed by atoms with Gasteiger partial charge >= 0.3 is 0 Å². The summed E-state index contributed by atoms with van der Waals surface area (Å²) in [5.74, 6) is -0.154. The number of benzene rings is 1. The molecule has 0 radical (unpaired) electrons. The van der Waals surface area contributed by atoms with Crippen molar-refractivity contribution < 1.29 is 9.90 Å². The van der Waals surface area contributed by atoms with E-state index < -0.39 is 0 Å². The van der Waals surface area contributed by atoms with Gasteiger partial charge in [0.15, 0.2) is 0 Å². The summed E-state index contributed by atoms with van der Waals surface area (Å²) < 4.78 is 0. The summed E-state index contributed by atoms with van der Waals surface area (Å²) in [6.07, 6.45) is 0.361. The maximum Gasteiger partial charge on any atom is 0.241 e. The van der Waals surface area contributed by atoms with E-state index in [4.69, 9.17) is 23.2 Å². The normalized spacial score (nSPS) is 21.4. The second-order valence-corrected chi connectivity index (χ2v) is 5.49. The summed E-state index contributed by atoms with van der Waals surface area (Å²) in [7, 11) is 0. The molecule has 104 valence electrons. The third-order valence-corrected chi connectivity index (χ3v) is 4.15. The summed E-state index contributed by atoms with van der Waals surface area (Å²) in [5, 5.41) is 13.0. The minimum absolute atomic E-state index is 0.154. The van der Waals surface area contributed by atoms with Gasteiger partial charge < -0.3 is 10.4 Å². The highest BCUT2D eigenvalue weighted by Crippen LogP contribution is 2.29. The number of amides is 1. The van der Waals surface area contributed by atoms with Gasteiger partial charge in [0.25, 0.3) is 0 Å². The van der Waals surface area contributed by atoms with Gasteiger partial charge in [-0.1, -0.05) is 29.3 Å². The Morgan fingerprint density at radius 3 is 2.89 bits per heavy atom. The first-order chi connectivity index (χ1) is 8.99. The van der Waals surface area contributed by atoms with Crippen LogP contribution in [0.15, 0.2) is 18.2 Å². The minimum Gasteiger partial charge on any atom is -0.392 e. The predicted molar refractivity (Wildman–Crippen MR) is 76.8 cm³/mol. The molecule has 1 aliphatic rings. The third kappa shape index (κ3) is 3.39. The number of nitrogens with one attached hydrogen (secondary N) is 1. The summed E-state index contributed by atoms with van der Waals surface area (Å²) in [6.45, 7) is 3.06.